The number of carbonyl (C=O) groups is 1. The zero-order chi connectivity index (χ0) is 14.1. The van der Waals surface area contributed by atoms with Gasteiger partial charge < -0.3 is 9.84 Å². The standard InChI is InChI=1S/C12H15NO5S/c1-18-9-2-4-10(5-3-9)19(16,17)13-8-12(6-7-12)11(14)15/h2-5,13H,6-8H2,1H3,(H,14,15). The van der Waals surface area contributed by atoms with Gasteiger partial charge in [-0.3, -0.25) is 4.79 Å². The van der Waals surface area contributed by atoms with Gasteiger partial charge in [-0.2, -0.15) is 0 Å². The molecule has 7 heteroatoms. The van der Waals surface area contributed by atoms with Crippen molar-refractivity contribution in [1.29, 1.82) is 0 Å². The molecule has 2 rings (SSSR count). The summed E-state index contributed by atoms with van der Waals surface area (Å²) in [4.78, 5) is 11.1. The van der Waals surface area contributed by atoms with Gasteiger partial charge in [0.05, 0.1) is 17.4 Å². The fourth-order valence-corrected chi connectivity index (χ4v) is 2.82. The lowest BCUT2D eigenvalue weighted by atomic mass is 10.1. The van der Waals surface area contributed by atoms with Gasteiger partial charge in [-0.1, -0.05) is 0 Å². The maximum atomic E-state index is 12.0. The van der Waals surface area contributed by atoms with E-state index in [-0.39, 0.29) is 11.4 Å². The van der Waals surface area contributed by atoms with Crippen LogP contribution < -0.4 is 9.46 Å². The van der Waals surface area contributed by atoms with Crippen LogP contribution in [0.4, 0.5) is 0 Å². The van der Waals surface area contributed by atoms with Crippen LogP contribution in [0.1, 0.15) is 12.8 Å². The van der Waals surface area contributed by atoms with Gasteiger partial charge in [-0.25, -0.2) is 13.1 Å². The van der Waals surface area contributed by atoms with Crippen LogP contribution in [0.3, 0.4) is 0 Å². The third-order valence-electron chi connectivity index (χ3n) is 3.28. The molecule has 0 amide bonds. The normalized spacial score (nSPS) is 16.9. The maximum Gasteiger partial charge on any atom is 0.310 e. The van der Waals surface area contributed by atoms with Gasteiger partial charge in [0, 0.05) is 6.54 Å². The summed E-state index contributed by atoms with van der Waals surface area (Å²) in [5.74, 6) is -0.395. The zero-order valence-electron chi connectivity index (χ0n) is 10.4. The number of aliphatic carboxylic acids is 1. The largest absolute Gasteiger partial charge is 0.497 e. The van der Waals surface area contributed by atoms with E-state index >= 15 is 0 Å². The summed E-state index contributed by atoms with van der Waals surface area (Å²) in [6.45, 7) is -0.0727. The van der Waals surface area contributed by atoms with E-state index in [0.717, 1.165) is 0 Å². The van der Waals surface area contributed by atoms with Crippen LogP contribution in [0.2, 0.25) is 0 Å². The molecule has 0 saturated heterocycles. The number of rotatable bonds is 6. The number of carboxylic acids is 1. The van der Waals surface area contributed by atoms with Crippen LogP contribution in [0.5, 0.6) is 5.75 Å². The predicted octanol–water partition coefficient (Wildman–Crippen LogP) is 0.838. The molecule has 6 nitrogen and oxygen atoms in total. The molecule has 0 aliphatic heterocycles. The fraction of sp³-hybridized carbons (Fsp3) is 0.417. The van der Waals surface area contributed by atoms with Crippen LogP contribution in [0, 0.1) is 5.41 Å². The van der Waals surface area contributed by atoms with Crippen LogP contribution in [0.25, 0.3) is 0 Å². The van der Waals surface area contributed by atoms with E-state index in [1.54, 1.807) is 12.1 Å². The first-order valence-corrected chi connectivity index (χ1v) is 7.25. The van der Waals surface area contributed by atoms with Crippen molar-refractivity contribution < 1.29 is 23.1 Å². The van der Waals surface area contributed by atoms with Crippen LogP contribution in [-0.4, -0.2) is 33.1 Å². The van der Waals surface area contributed by atoms with Crippen LogP contribution >= 0.6 is 0 Å². The molecule has 2 N–H and O–H groups in total. The van der Waals surface area contributed by atoms with E-state index in [2.05, 4.69) is 4.72 Å². The number of ether oxygens (including phenoxy) is 1. The number of benzene rings is 1. The molecule has 0 unspecified atom stereocenters. The minimum atomic E-state index is -3.68. The van der Waals surface area contributed by atoms with Gasteiger partial charge in [-0.15, -0.1) is 0 Å². The Morgan fingerprint density at radius 1 is 1.37 bits per heavy atom. The van der Waals surface area contributed by atoms with E-state index in [9.17, 15) is 13.2 Å². The molecule has 0 aromatic heterocycles. The van der Waals surface area contributed by atoms with Gasteiger partial charge in [-0.05, 0) is 37.1 Å². The maximum absolute atomic E-state index is 12.0. The van der Waals surface area contributed by atoms with Crippen LogP contribution in [-0.2, 0) is 14.8 Å². The number of sulfonamides is 1. The highest BCUT2D eigenvalue weighted by Crippen LogP contribution is 2.45. The third kappa shape index (κ3) is 2.87. The fourth-order valence-electron chi connectivity index (χ4n) is 1.69. The number of methoxy groups -OCH3 is 1. The number of hydrogen-bond acceptors (Lipinski definition) is 4. The zero-order valence-corrected chi connectivity index (χ0v) is 11.2. The molecule has 1 saturated carbocycles. The first kappa shape index (κ1) is 13.8. The Morgan fingerprint density at radius 2 is 1.95 bits per heavy atom. The topological polar surface area (TPSA) is 92.7 Å². The molecule has 104 valence electrons. The average molecular weight is 285 g/mol. The summed E-state index contributed by atoms with van der Waals surface area (Å²) in [5.41, 5.74) is -0.917. The molecule has 0 bridgehead atoms. The molecule has 19 heavy (non-hydrogen) atoms. The van der Waals surface area contributed by atoms with Crippen molar-refractivity contribution in [2.75, 3.05) is 13.7 Å². The van der Waals surface area contributed by atoms with Crippen molar-refractivity contribution in [2.24, 2.45) is 5.41 Å². The average Bonchev–Trinajstić information content (AvgIpc) is 3.18. The summed E-state index contributed by atoms with van der Waals surface area (Å²) in [6, 6.07) is 5.92. The Hall–Kier alpha value is -1.60. The second-order valence-corrected chi connectivity index (χ2v) is 6.35. The number of carboxylic acid groups (broad SMARTS) is 1. The first-order chi connectivity index (χ1) is 8.89. The van der Waals surface area contributed by atoms with Gasteiger partial charge in [0.25, 0.3) is 0 Å². The molecule has 1 fully saturated rings. The Morgan fingerprint density at radius 3 is 2.37 bits per heavy atom. The number of hydrogen-bond donors (Lipinski definition) is 2. The molecular weight excluding hydrogens is 270 g/mol. The molecule has 0 atom stereocenters. The van der Waals surface area contributed by atoms with Crippen molar-refractivity contribution in [1.82, 2.24) is 4.72 Å². The van der Waals surface area contributed by atoms with E-state index in [1.807, 2.05) is 0 Å². The highest BCUT2D eigenvalue weighted by atomic mass is 32.2. The smallest absolute Gasteiger partial charge is 0.310 e. The Labute approximate surface area is 111 Å². The van der Waals surface area contributed by atoms with Gasteiger partial charge >= 0.3 is 5.97 Å². The number of nitrogens with one attached hydrogen (secondary N) is 1. The Balaban J connectivity index is 2.08. The van der Waals surface area contributed by atoms with Crippen LogP contribution in [0.15, 0.2) is 29.2 Å². The third-order valence-corrected chi connectivity index (χ3v) is 4.69. The summed E-state index contributed by atoms with van der Waals surface area (Å²) in [5, 5.41) is 8.99. The van der Waals surface area contributed by atoms with E-state index in [1.165, 1.54) is 19.2 Å². The minimum Gasteiger partial charge on any atom is -0.497 e. The first-order valence-electron chi connectivity index (χ1n) is 5.77. The summed E-state index contributed by atoms with van der Waals surface area (Å²) >= 11 is 0. The van der Waals surface area contributed by atoms with E-state index in [4.69, 9.17) is 9.84 Å². The molecule has 1 aromatic rings. The SMILES string of the molecule is COc1ccc(S(=O)(=O)NCC2(C(=O)O)CC2)cc1. The lowest BCUT2D eigenvalue weighted by Crippen LogP contribution is -2.34. The van der Waals surface area contributed by atoms with Gasteiger partial charge in [0.15, 0.2) is 0 Å². The van der Waals surface area contributed by atoms with Crippen molar-refractivity contribution in [3.63, 3.8) is 0 Å². The summed E-state index contributed by atoms with van der Waals surface area (Å²) < 4.78 is 31.3. The predicted molar refractivity (Wildman–Crippen MR) is 67.5 cm³/mol. The Kier molecular flexibility index (Phi) is 3.51. The van der Waals surface area contributed by atoms with Crippen molar-refractivity contribution in [2.45, 2.75) is 17.7 Å². The highest BCUT2D eigenvalue weighted by Gasteiger charge is 2.50. The second kappa shape index (κ2) is 4.82. The van der Waals surface area contributed by atoms with Crippen molar-refractivity contribution >= 4 is 16.0 Å². The summed E-state index contributed by atoms with van der Waals surface area (Å²) in [7, 11) is -2.19. The second-order valence-electron chi connectivity index (χ2n) is 4.59. The monoisotopic (exact) mass is 285 g/mol. The van der Waals surface area contributed by atoms with Crippen molar-refractivity contribution in [3.05, 3.63) is 24.3 Å². The molecular formula is C12H15NO5S. The minimum absolute atomic E-state index is 0.0727. The molecule has 1 aliphatic rings. The Bertz CT molecular complexity index is 575. The molecule has 0 heterocycles. The molecule has 0 radical (unpaired) electrons. The lowest BCUT2D eigenvalue weighted by Gasteiger charge is -2.11. The van der Waals surface area contributed by atoms with E-state index < -0.39 is 21.4 Å². The molecule has 0 spiro atoms. The van der Waals surface area contributed by atoms with Gasteiger partial charge in [0.2, 0.25) is 10.0 Å². The van der Waals surface area contributed by atoms with Crippen molar-refractivity contribution in [3.8, 4) is 5.75 Å². The quantitative estimate of drug-likeness (QED) is 0.808. The van der Waals surface area contributed by atoms with E-state index in [0.29, 0.717) is 18.6 Å². The summed E-state index contributed by atoms with van der Waals surface area (Å²) in [6.07, 6.45) is 1.01. The molecule has 1 aliphatic carbocycles. The molecule has 1 aromatic carbocycles. The highest BCUT2D eigenvalue weighted by molar-refractivity contribution is 7.89. The lowest BCUT2D eigenvalue weighted by molar-refractivity contribution is -0.143. The van der Waals surface area contributed by atoms with Gasteiger partial charge in [0.1, 0.15) is 5.75 Å².